The molecule has 0 aromatic heterocycles. The summed E-state index contributed by atoms with van der Waals surface area (Å²) >= 11 is 0. The molecular formula is C27H23O2P. The van der Waals surface area contributed by atoms with Crippen LogP contribution in [0.3, 0.4) is 0 Å². The van der Waals surface area contributed by atoms with Gasteiger partial charge in [0.15, 0.2) is 5.78 Å². The normalized spacial score (nSPS) is 11.1. The van der Waals surface area contributed by atoms with Crippen LogP contribution >= 0.6 is 6.89 Å². The van der Waals surface area contributed by atoms with Gasteiger partial charge in [-0.3, -0.25) is 4.79 Å². The van der Waals surface area contributed by atoms with Crippen LogP contribution in [0.2, 0.25) is 0 Å². The zero-order valence-electron chi connectivity index (χ0n) is 16.8. The number of rotatable bonds is 5. The van der Waals surface area contributed by atoms with Gasteiger partial charge in [-0.2, -0.15) is 0 Å². The van der Waals surface area contributed by atoms with E-state index in [0.29, 0.717) is 11.1 Å². The lowest BCUT2D eigenvalue weighted by molar-refractivity contribution is 0.107. The van der Waals surface area contributed by atoms with Gasteiger partial charge in [0.05, 0.1) is 5.56 Å². The van der Waals surface area contributed by atoms with Gasteiger partial charge in [0, 0.05) is 0 Å². The largest absolute Gasteiger partial charge is 0.507 e. The summed E-state index contributed by atoms with van der Waals surface area (Å²) in [6.07, 6.45) is 0. The third-order valence-electron chi connectivity index (χ3n) is 5.30. The second kappa shape index (κ2) is 8.57. The van der Waals surface area contributed by atoms with E-state index in [4.69, 9.17) is 0 Å². The van der Waals surface area contributed by atoms with E-state index in [1.54, 1.807) is 19.1 Å². The molecule has 4 rings (SSSR count). The highest BCUT2D eigenvalue weighted by Crippen LogP contribution is 2.44. The SMILES string of the molecule is Cc1cccc(C(=O)C=P(c2ccccc2)(c2ccccc2)c2ccccc2)c1O. The van der Waals surface area contributed by atoms with Crippen LogP contribution in [0.25, 0.3) is 0 Å². The van der Waals surface area contributed by atoms with Gasteiger partial charge >= 0.3 is 0 Å². The van der Waals surface area contributed by atoms with Gasteiger partial charge in [0.25, 0.3) is 0 Å². The number of Topliss-reactive ketones (excluding diaryl/α,β-unsaturated/α-hetero) is 1. The maximum Gasteiger partial charge on any atom is 0.190 e. The molecule has 0 radical (unpaired) electrons. The lowest BCUT2D eigenvalue weighted by atomic mass is 10.1. The topological polar surface area (TPSA) is 37.3 Å². The minimum Gasteiger partial charge on any atom is -0.507 e. The van der Waals surface area contributed by atoms with Crippen LogP contribution in [0, 0.1) is 6.92 Å². The number of carbonyl (C=O) groups is 1. The van der Waals surface area contributed by atoms with Crippen molar-refractivity contribution in [2.45, 2.75) is 6.92 Å². The molecule has 148 valence electrons. The Morgan fingerprint density at radius 2 is 1.10 bits per heavy atom. The van der Waals surface area contributed by atoms with Crippen molar-refractivity contribution in [3.63, 3.8) is 0 Å². The minimum absolute atomic E-state index is 0.0473. The van der Waals surface area contributed by atoms with Gasteiger partial charge in [-0.25, -0.2) is 0 Å². The fraction of sp³-hybridized carbons (Fsp3) is 0.0370. The Bertz CT molecular complexity index is 1110. The summed E-state index contributed by atoms with van der Waals surface area (Å²) in [5.41, 5.74) is 1.03. The van der Waals surface area contributed by atoms with E-state index < -0.39 is 6.89 Å². The highest BCUT2D eigenvalue weighted by molar-refractivity contribution is 7.95. The number of ketones is 1. The van der Waals surface area contributed by atoms with Crippen molar-refractivity contribution in [1.82, 2.24) is 0 Å². The van der Waals surface area contributed by atoms with Crippen LogP contribution in [0.15, 0.2) is 109 Å². The maximum atomic E-state index is 13.6. The van der Waals surface area contributed by atoms with Gasteiger partial charge in [-0.1, -0.05) is 103 Å². The van der Waals surface area contributed by atoms with Crippen molar-refractivity contribution in [3.05, 3.63) is 120 Å². The van der Waals surface area contributed by atoms with Crippen LogP contribution in [0.5, 0.6) is 5.75 Å². The van der Waals surface area contributed by atoms with Crippen molar-refractivity contribution in [2.24, 2.45) is 0 Å². The fourth-order valence-corrected chi connectivity index (χ4v) is 7.52. The molecule has 0 bridgehead atoms. The number of aromatic hydroxyl groups is 1. The number of carbonyl (C=O) groups excluding carboxylic acids is 1. The van der Waals surface area contributed by atoms with Crippen molar-refractivity contribution in [2.75, 3.05) is 0 Å². The molecule has 0 heterocycles. The van der Waals surface area contributed by atoms with E-state index in [1.807, 2.05) is 66.5 Å². The number of hydrogen-bond acceptors (Lipinski definition) is 2. The second-order valence-corrected chi connectivity index (χ2v) is 10.4. The molecule has 0 aliphatic heterocycles. The average molecular weight is 410 g/mol. The Morgan fingerprint density at radius 1 is 0.667 bits per heavy atom. The van der Waals surface area contributed by atoms with Gasteiger partial charge in [0.1, 0.15) is 5.75 Å². The Morgan fingerprint density at radius 3 is 1.53 bits per heavy atom. The standard InChI is InChI=1S/C27H23O2P/c1-21-12-11-19-25(27(21)29)26(28)20-30(22-13-5-2-6-14-22,23-15-7-3-8-16-23)24-17-9-4-10-18-24/h2-20,29H,1H3. The molecule has 0 saturated carbocycles. The molecule has 30 heavy (non-hydrogen) atoms. The van der Waals surface area contributed by atoms with Crippen LogP contribution in [-0.2, 0) is 0 Å². The Kier molecular flexibility index (Phi) is 5.70. The summed E-state index contributed by atoms with van der Waals surface area (Å²) in [7, 11) is 0. The molecule has 2 nitrogen and oxygen atoms in total. The van der Waals surface area contributed by atoms with Crippen molar-refractivity contribution in [3.8, 4) is 5.75 Å². The predicted octanol–water partition coefficient (Wildman–Crippen LogP) is 4.68. The molecule has 4 aromatic carbocycles. The molecule has 1 N–H and O–H groups in total. The van der Waals surface area contributed by atoms with E-state index in [1.165, 1.54) is 0 Å². The number of phenols is 1. The first kappa shape index (κ1) is 19.9. The number of aryl methyl sites for hydroxylation is 1. The van der Waals surface area contributed by atoms with Crippen LogP contribution < -0.4 is 15.9 Å². The van der Waals surface area contributed by atoms with Crippen LogP contribution in [0.1, 0.15) is 15.9 Å². The summed E-state index contributed by atoms with van der Waals surface area (Å²) in [5, 5.41) is 13.8. The van der Waals surface area contributed by atoms with E-state index in [2.05, 4.69) is 36.4 Å². The molecule has 0 fully saturated rings. The second-order valence-electron chi connectivity index (χ2n) is 7.19. The molecule has 0 atom stereocenters. The fourth-order valence-electron chi connectivity index (χ4n) is 3.76. The number of para-hydroxylation sites is 1. The Hall–Kier alpha value is -3.35. The quantitative estimate of drug-likeness (QED) is 0.383. The van der Waals surface area contributed by atoms with Crippen LogP contribution in [-0.4, -0.2) is 16.7 Å². The van der Waals surface area contributed by atoms with Gasteiger partial charge in [-0.05, 0) is 47.1 Å². The highest BCUT2D eigenvalue weighted by Gasteiger charge is 2.27. The molecule has 0 amide bonds. The van der Waals surface area contributed by atoms with Gasteiger partial charge in [0.2, 0.25) is 0 Å². The Labute approximate surface area is 177 Å². The molecule has 0 aliphatic carbocycles. The first-order valence-corrected chi connectivity index (χ1v) is 11.7. The lowest BCUT2D eigenvalue weighted by Crippen LogP contribution is -2.28. The molecule has 4 aromatic rings. The van der Waals surface area contributed by atoms with Gasteiger partial charge < -0.3 is 5.11 Å². The van der Waals surface area contributed by atoms with Crippen molar-refractivity contribution in [1.29, 1.82) is 0 Å². The minimum atomic E-state index is -2.40. The average Bonchev–Trinajstić information content (AvgIpc) is 2.81. The molecule has 0 unspecified atom stereocenters. The smallest absolute Gasteiger partial charge is 0.190 e. The van der Waals surface area contributed by atoms with Crippen LogP contribution in [0.4, 0.5) is 0 Å². The first-order valence-electron chi connectivity index (χ1n) is 9.87. The predicted molar refractivity (Wildman–Crippen MR) is 128 cm³/mol. The van der Waals surface area contributed by atoms with E-state index >= 15 is 0 Å². The monoisotopic (exact) mass is 410 g/mol. The lowest BCUT2D eigenvalue weighted by Gasteiger charge is -2.28. The molecule has 3 heteroatoms. The Balaban J connectivity index is 2.09. The number of benzene rings is 4. The van der Waals surface area contributed by atoms with Gasteiger partial charge in [-0.15, -0.1) is 0 Å². The maximum absolute atomic E-state index is 13.6. The summed E-state index contributed by atoms with van der Waals surface area (Å²) < 4.78 is 0. The number of phenolic OH excluding ortho intramolecular Hbond substituents is 1. The molecule has 0 aliphatic rings. The first-order chi connectivity index (χ1) is 14.6. The van der Waals surface area contributed by atoms with Crippen molar-refractivity contribution < 1.29 is 9.90 Å². The summed E-state index contributed by atoms with van der Waals surface area (Å²) in [5.74, 6) is 1.73. The van der Waals surface area contributed by atoms with E-state index in [9.17, 15) is 9.90 Å². The molecule has 0 spiro atoms. The van der Waals surface area contributed by atoms with Crippen molar-refractivity contribution >= 4 is 34.4 Å². The highest BCUT2D eigenvalue weighted by atomic mass is 31.2. The third-order valence-corrected chi connectivity index (χ3v) is 9.26. The molecule has 0 saturated heterocycles. The zero-order chi connectivity index (χ0) is 21.0. The van der Waals surface area contributed by atoms with E-state index in [0.717, 1.165) is 15.9 Å². The third kappa shape index (κ3) is 3.63. The number of hydrogen-bond donors (Lipinski definition) is 1. The molecular weight excluding hydrogens is 387 g/mol. The summed E-state index contributed by atoms with van der Waals surface area (Å²) in [6, 6.07) is 35.9. The summed E-state index contributed by atoms with van der Waals surface area (Å²) in [4.78, 5) is 13.6. The van der Waals surface area contributed by atoms with E-state index in [-0.39, 0.29) is 11.5 Å². The summed E-state index contributed by atoms with van der Waals surface area (Å²) in [6.45, 7) is -0.590. The zero-order valence-corrected chi connectivity index (χ0v) is 17.7.